The Kier molecular flexibility index (Phi) is 7.90. The highest BCUT2D eigenvalue weighted by Gasteiger charge is 2.53. The molecule has 200 valence electrons. The number of esters is 1. The molecule has 1 atom stereocenters. The topological polar surface area (TPSA) is 137 Å². The molecule has 9 nitrogen and oxygen atoms in total. The molecular formula is C28H31N3O6S. The summed E-state index contributed by atoms with van der Waals surface area (Å²) in [6.45, 7) is 2.54. The molecule has 0 radical (unpaired) electrons. The maximum atomic E-state index is 12.7. The van der Waals surface area contributed by atoms with E-state index >= 15 is 0 Å². The number of aliphatic hydroxyl groups excluding tert-OH is 1. The second-order valence-electron chi connectivity index (χ2n) is 9.72. The van der Waals surface area contributed by atoms with Gasteiger partial charge in [-0.1, -0.05) is 30.3 Å². The van der Waals surface area contributed by atoms with E-state index in [0.29, 0.717) is 43.0 Å². The van der Waals surface area contributed by atoms with Crippen LogP contribution in [0.1, 0.15) is 49.7 Å². The van der Waals surface area contributed by atoms with Crippen molar-refractivity contribution in [2.24, 2.45) is 5.92 Å². The van der Waals surface area contributed by atoms with Gasteiger partial charge in [-0.15, -0.1) is 0 Å². The van der Waals surface area contributed by atoms with Crippen molar-refractivity contribution in [2.45, 2.75) is 49.0 Å². The lowest BCUT2D eigenvalue weighted by atomic mass is 9.82. The van der Waals surface area contributed by atoms with E-state index in [9.17, 15) is 23.1 Å². The minimum Gasteiger partial charge on any atom is -0.507 e. The molecule has 1 spiro atoms. The van der Waals surface area contributed by atoms with Gasteiger partial charge in [-0.05, 0) is 55.6 Å². The highest BCUT2D eigenvalue weighted by molar-refractivity contribution is 7.89. The number of nitriles is 1. The highest BCUT2D eigenvalue weighted by atomic mass is 32.2. The minimum absolute atomic E-state index is 0.0167. The molecule has 2 aromatic carbocycles. The number of sulfonamides is 1. The predicted octanol–water partition coefficient (Wildman–Crippen LogP) is 3.40. The first-order valence-electron chi connectivity index (χ1n) is 12.5. The van der Waals surface area contributed by atoms with Crippen molar-refractivity contribution >= 4 is 21.9 Å². The van der Waals surface area contributed by atoms with Crippen molar-refractivity contribution < 1.29 is 27.9 Å². The summed E-state index contributed by atoms with van der Waals surface area (Å²) in [5, 5.41) is 19.5. The van der Waals surface area contributed by atoms with Crippen LogP contribution < -0.4 is 4.72 Å². The minimum atomic E-state index is -3.38. The van der Waals surface area contributed by atoms with Crippen LogP contribution in [0.15, 0.2) is 70.8 Å². The number of hydrogen-bond acceptors (Lipinski definition) is 7. The molecule has 1 amide bonds. The monoisotopic (exact) mass is 537 g/mol. The molecule has 0 bridgehead atoms. The van der Waals surface area contributed by atoms with Crippen LogP contribution >= 0.6 is 0 Å². The van der Waals surface area contributed by atoms with Crippen LogP contribution in [0.25, 0.3) is 0 Å². The average molecular weight is 538 g/mol. The van der Waals surface area contributed by atoms with Gasteiger partial charge >= 0.3 is 5.97 Å². The summed E-state index contributed by atoms with van der Waals surface area (Å²) < 4.78 is 30.3. The SMILES string of the molecule is CC(=O)N1CCC2(CC1)OC(=O)C(C(c1ccccc1)C1CC1)=C2O.CNS(=O)(=O)c1ccc(C#N)cc1. The third-order valence-electron chi connectivity index (χ3n) is 7.34. The van der Waals surface area contributed by atoms with Crippen LogP contribution in [0.5, 0.6) is 0 Å². The van der Waals surface area contributed by atoms with Crippen LogP contribution in [0.4, 0.5) is 0 Å². The molecule has 10 heteroatoms. The van der Waals surface area contributed by atoms with Crippen LogP contribution in [0.3, 0.4) is 0 Å². The average Bonchev–Trinajstić information content (AvgIpc) is 3.74. The second-order valence-corrected chi connectivity index (χ2v) is 11.6. The number of likely N-dealkylation sites (tertiary alicyclic amines) is 1. The zero-order valence-electron chi connectivity index (χ0n) is 21.4. The molecule has 38 heavy (non-hydrogen) atoms. The van der Waals surface area contributed by atoms with Crippen LogP contribution in [0, 0.1) is 17.2 Å². The summed E-state index contributed by atoms with van der Waals surface area (Å²) in [7, 11) is -2.04. The van der Waals surface area contributed by atoms with Gasteiger partial charge in [0, 0.05) is 38.8 Å². The van der Waals surface area contributed by atoms with E-state index in [1.807, 2.05) is 36.4 Å². The first kappa shape index (κ1) is 27.4. The molecule has 0 aromatic heterocycles. The lowest BCUT2D eigenvalue weighted by Crippen LogP contribution is -2.47. The molecule has 2 heterocycles. The van der Waals surface area contributed by atoms with Crippen molar-refractivity contribution in [1.29, 1.82) is 5.26 Å². The lowest BCUT2D eigenvalue weighted by Gasteiger charge is -2.37. The summed E-state index contributed by atoms with van der Waals surface area (Å²) in [6, 6.07) is 17.5. The van der Waals surface area contributed by atoms with E-state index in [4.69, 9.17) is 10.00 Å². The van der Waals surface area contributed by atoms with Gasteiger partial charge in [0.25, 0.3) is 0 Å². The lowest BCUT2D eigenvalue weighted by molar-refractivity contribution is -0.153. The van der Waals surface area contributed by atoms with Gasteiger partial charge in [-0.25, -0.2) is 17.9 Å². The van der Waals surface area contributed by atoms with Gasteiger partial charge in [0.1, 0.15) is 5.76 Å². The molecule has 1 unspecified atom stereocenters. The zero-order valence-corrected chi connectivity index (χ0v) is 22.2. The number of rotatable bonds is 5. The Morgan fingerprint density at radius 2 is 1.74 bits per heavy atom. The highest BCUT2D eigenvalue weighted by Crippen LogP contribution is 2.52. The fraction of sp³-hybridized carbons (Fsp3) is 0.393. The number of amides is 1. The molecule has 5 rings (SSSR count). The molecule has 2 fully saturated rings. The van der Waals surface area contributed by atoms with Crippen molar-refractivity contribution in [3.05, 3.63) is 77.1 Å². The quantitative estimate of drug-likeness (QED) is 0.558. The van der Waals surface area contributed by atoms with Gasteiger partial charge in [-0.3, -0.25) is 4.79 Å². The van der Waals surface area contributed by atoms with E-state index in [-0.39, 0.29) is 22.5 Å². The fourth-order valence-electron chi connectivity index (χ4n) is 5.01. The molecule has 2 N–H and O–H groups in total. The third kappa shape index (κ3) is 5.59. The van der Waals surface area contributed by atoms with Gasteiger partial charge in [0.15, 0.2) is 5.60 Å². The smallest absolute Gasteiger partial charge is 0.339 e. The van der Waals surface area contributed by atoms with E-state index in [1.165, 1.54) is 38.2 Å². The third-order valence-corrected chi connectivity index (χ3v) is 8.77. The summed E-state index contributed by atoms with van der Waals surface area (Å²) in [5.74, 6) is 0.0115. The normalized spacial score (nSPS) is 19.3. The maximum Gasteiger partial charge on any atom is 0.339 e. The summed E-state index contributed by atoms with van der Waals surface area (Å²) in [4.78, 5) is 26.1. The first-order chi connectivity index (χ1) is 18.1. The van der Waals surface area contributed by atoms with Gasteiger partial charge in [0.05, 0.1) is 22.1 Å². The van der Waals surface area contributed by atoms with Crippen LogP contribution in [0.2, 0.25) is 0 Å². The predicted molar refractivity (Wildman–Crippen MR) is 139 cm³/mol. The number of piperidine rings is 1. The Balaban J connectivity index is 0.000000219. The Morgan fingerprint density at radius 3 is 2.24 bits per heavy atom. The summed E-state index contributed by atoms with van der Waals surface area (Å²) in [5.41, 5.74) is 0.988. The van der Waals surface area contributed by atoms with Crippen molar-refractivity contribution in [1.82, 2.24) is 9.62 Å². The first-order valence-corrected chi connectivity index (χ1v) is 14.0. The standard InChI is InChI=1S/C20H23NO4.C8H8N2O2S/c1-13(22)21-11-9-20(10-12-21)18(23)17(19(24)25-20)16(15-7-8-15)14-5-3-2-4-6-14;1-10-13(11,12)8-4-2-7(6-9)3-5-8/h2-6,15-16,23H,7-12H2,1H3;2-5,10H,1H3. The second kappa shape index (κ2) is 11.0. The number of aliphatic hydroxyl groups is 1. The molecule has 3 aliphatic rings. The number of carbonyl (C=O) groups excluding carboxylic acids is 2. The van der Waals surface area contributed by atoms with E-state index in [2.05, 4.69) is 4.72 Å². The van der Waals surface area contributed by atoms with Crippen molar-refractivity contribution in [3.63, 3.8) is 0 Å². The van der Waals surface area contributed by atoms with Gasteiger partial charge < -0.3 is 14.7 Å². The number of ether oxygens (including phenoxy) is 1. The number of carbonyl (C=O) groups is 2. The molecular weight excluding hydrogens is 506 g/mol. The Bertz CT molecular complexity index is 1370. The van der Waals surface area contributed by atoms with E-state index in [1.54, 1.807) is 4.90 Å². The van der Waals surface area contributed by atoms with E-state index in [0.717, 1.165) is 18.4 Å². The number of nitrogens with zero attached hydrogens (tertiary/aromatic N) is 2. The van der Waals surface area contributed by atoms with Gasteiger partial charge in [-0.2, -0.15) is 5.26 Å². The van der Waals surface area contributed by atoms with Crippen molar-refractivity contribution in [2.75, 3.05) is 20.1 Å². The van der Waals surface area contributed by atoms with Crippen LogP contribution in [-0.4, -0.2) is 56.0 Å². The number of benzene rings is 2. The van der Waals surface area contributed by atoms with Crippen LogP contribution in [-0.2, 0) is 24.3 Å². The molecule has 1 aliphatic carbocycles. The molecule has 2 aliphatic heterocycles. The zero-order chi connectivity index (χ0) is 27.5. The Morgan fingerprint density at radius 1 is 1.13 bits per heavy atom. The summed E-state index contributed by atoms with van der Waals surface area (Å²) in [6.07, 6.45) is 3.04. The van der Waals surface area contributed by atoms with Gasteiger partial charge in [0.2, 0.25) is 15.9 Å². The summed E-state index contributed by atoms with van der Waals surface area (Å²) >= 11 is 0. The maximum absolute atomic E-state index is 12.7. The molecule has 1 saturated carbocycles. The largest absolute Gasteiger partial charge is 0.507 e. The van der Waals surface area contributed by atoms with Crippen molar-refractivity contribution in [3.8, 4) is 6.07 Å². The molecule has 2 aromatic rings. The fourth-order valence-corrected chi connectivity index (χ4v) is 5.74. The number of nitrogens with one attached hydrogen (secondary N) is 1. The molecule has 1 saturated heterocycles. The number of hydrogen-bond donors (Lipinski definition) is 2. The Labute approximate surface area is 222 Å². The van der Waals surface area contributed by atoms with E-state index < -0.39 is 21.6 Å². The Hall–Kier alpha value is -3.68.